The first kappa shape index (κ1) is 39.3. The Morgan fingerprint density at radius 2 is 1.46 bits per heavy atom. The van der Waals surface area contributed by atoms with Crippen LogP contribution in [0.1, 0.15) is 88.2 Å². The Labute approximate surface area is 332 Å². The van der Waals surface area contributed by atoms with Gasteiger partial charge in [-0.05, 0) is 90.3 Å². The minimum absolute atomic E-state index is 0.00258. The lowest BCUT2D eigenvalue weighted by molar-refractivity contribution is 0.0193. The maximum atomic E-state index is 15.2. The van der Waals surface area contributed by atoms with Crippen molar-refractivity contribution >= 4 is 17.8 Å². The standard InChI is InChI=1S/C46H58N6O4/c1-5-7-18-50(19-8-6-2)44(53)40-28-43(48(4)32(40)3)42-26-34-17-20-51(46(47)55)29-36(34)27-41(42)38-15-11-12-16-39(38)45(54)52-30-35-14-10-9-13-33(35)25-37(52)31-49-21-23-56-24-22-49/h9-16,26-28,37H,5-8,17-25,29-31H2,1-4H3,(H2,47,55)/t37-/m0/s1. The molecule has 0 aliphatic carbocycles. The van der Waals surface area contributed by atoms with Crippen LogP contribution in [0.5, 0.6) is 0 Å². The van der Waals surface area contributed by atoms with E-state index >= 15 is 4.79 Å². The summed E-state index contributed by atoms with van der Waals surface area (Å²) in [6, 6.07) is 22.4. The number of benzene rings is 3. The SMILES string of the molecule is CCCCN(CCCC)C(=O)c1cc(-c2cc3c(cc2-c2ccccc2C(=O)N2Cc4ccccc4C[C@H]2CN2CCOCC2)CN(C(N)=O)CC3)n(C)c1C. The number of nitrogens with zero attached hydrogens (tertiary/aromatic N) is 5. The number of hydrogen-bond donors (Lipinski definition) is 1. The van der Waals surface area contributed by atoms with Gasteiger partial charge in [0.25, 0.3) is 11.8 Å². The molecule has 4 amide bonds. The van der Waals surface area contributed by atoms with Crippen LogP contribution < -0.4 is 5.73 Å². The normalized spacial score (nSPS) is 17.0. The maximum absolute atomic E-state index is 15.2. The minimum Gasteiger partial charge on any atom is -0.379 e. The van der Waals surface area contributed by atoms with E-state index in [-0.39, 0.29) is 17.9 Å². The number of morpholine rings is 1. The highest BCUT2D eigenvalue weighted by molar-refractivity contribution is 6.04. The van der Waals surface area contributed by atoms with Crippen molar-refractivity contribution in [2.75, 3.05) is 52.5 Å². The van der Waals surface area contributed by atoms with E-state index in [1.807, 2.05) is 43.1 Å². The number of aromatic nitrogens is 1. The number of fused-ring (bicyclic) bond motifs is 2. The average molecular weight is 759 g/mol. The van der Waals surface area contributed by atoms with Gasteiger partial charge in [-0.2, -0.15) is 0 Å². The van der Waals surface area contributed by atoms with Crippen molar-refractivity contribution in [1.82, 2.24) is 24.2 Å². The summed E-state index contributed by atoms with van der Waals surface area (Å²) < 4.78 is 7.78. The second-order valence-electron chi connectivity index (χ2n) is 15.8. The third-order valence-corrected chi connectivity index (χ3v) is 12.2. The Hall–Kier alpha value is -4.93. The zero-order chi connectivity index (χ0) is 39.3. The number of nitrogens with two attached hydrogens (primary N) is 1. The summed E-state index contributed by atoms with van der Waals surface area (Å²) in [5, 5.41) is 0. The fourth-order valence-corrected chi connectivity index (χ4v) is 8.72. The van der Waals surface area contributed by atoms with E-state index in [9.17, 15) is 9.59 Å². The molecule has 0 radical (unpaired) electrons. The number of primary amides is 1. The zero-order valence-corrected chi connectivity index (χ0v) is 33.7. The number of rotatable bonds is 12. The second-order valence-corrected chi connectivity index (χ2v) is 15.8. The molecule has 4 aromatic rings. The van der Waals surface area contributed by atoms with Gasteiger partial charge in [-0.15, -0.1) is 0 Å². The molecule has 1 fully saturated rings. The summed E-state index contributed by atoms with van der Waals surface area (Å²) in [5.41, 5.74) is 16.3. The number of amides is 4. The zero-order valence-electron chi connectivity index (χ0n) is 33.7. The highest BCUT2D eigenvalue weighted by atomic mass is 16.5. The fourth-order valence-electron chi connectivity index (χ4n) is 8.72. The molecule has 3 aromatic carbocycles. The van der Waals surface area contributed by atoms with Crippen LogP contribution in [0.15, 0.2) is 66.7 Å². The number of ether oxygens (including phenoxy) is 1. The van der Waals surface area contributed by atoms with Gasteiger partial charge < -0.3 is 29.7 Å². The molecule has 3 aliphatic rings. The van der Waals surface area contributed by atoms with Gasteiger partial charge >= 0.3 is 6.03 Å². The van der Waals surface area contributed by atoms with Gasteiger partial charge in [0.2, 0.25) is 0 Å². The molecule has 2 N–H and O–H groups in total. The molecule has 10 heteroatoms. The van der Waals surface area contributed by atoms with Crippen LogP contribution in [-0.4, -0.2) is 101 Å². The maximum Gasteiger partial charge on any atom is 0.315 e. The Balaban J connectivity index is 1.33. The number of carbonyl (C=O) groups is 3. The summed E-state index contributed by atoms with van der Waals surface area (Å²) in [5.74, 6) is 0.0624. The van der Waals surface area contributed by atoms with Crippen molar-refractivity contribution in [3.63, 3.8) is 0 Å². The summed E-state index contributed by atoms with van der Waals surface area (Å²) in [6.45, 7) is 13.2. The number of urea groups is 1. The van der Waals surface area contributed by atoms with E-state index in [2.05, 4.69) is 70.7 Å². The largest absolute Gasteiger partial charge is 0.379 e. The first-order chi connectivity index (χ1) is 27.2. The molecule has 0 spiro atoms. The van der Waals surface area contributed by atoms with Gasteiger partial charge in [0.1, 0.15) is 0 Å². The van der Waals surface area contributed by atoms with Crippen molar-refractivity contribution in [3.8, 4) is 22.4 Å². The van der Waals surface area contributed by atoms with Crippen molar-refractivity contribution in [1.29, 1.82) is 0 Å². The molecule has 296 valence electrons. The van der Waals surface area contributed by atoms with Crippen LogP contribution in [0.25, 0.3) is 22.4 Å². The molecule has 1 atom stereocenters. The monoisotopic (exact) mass is 758 g/mol. The average Bonchev–Trinajstić information content (AvgIpc) is 3.52. The number of hydrogen-bond acceptors (Lipinski definition) is 5. The Morgan fingerprint density at radius 3 is 2.18 bits per heavy atom. The molecule has 0 saturated carbocycles. The number of unbranched alkanes of at least 4 members (excludes halogenated alkanes) is 2. The molecule has 1 aromatic heterocycles. The lowest BCUT2D eigenvalue weighted by atomic mass is 9.86. The summed E-state index contributed by atoms with van der Waals surface area (Å²) in [7, 11) is 2.03. The van der Waals surface area contributed by atoms with Crippen molar-refractivity contribution in [3.05, 3.63) is 106 Å². The predicted molar refractivity (Wildman–Crippen MR) is 222 cm³/mol. The Morgan fingerprint density at radius 1 is 0.786 bits per heavy atom. The van der Waals surface area contributed by atoms with Crippen LogP contribution >= 0.6 is 0 Å². The van der Waals surface area contributed by atoms with E-state index in [1.165, 1.54) is 11.1 Å². The van der Waals surface area contributed by atoms with Crippen LogP contribution in [0, 0.1) is 6.92 Å². The van der Waals surface area contributed by atoms with Crippen LogP contribution in [0.2, 0.25) is 0 Å². The topological polar surface area (TPSA) is 104 Å². The molecule has 56 heavy (non-hydrogen) atoms. The molecule has 10 nitrogen and oxygen atoms in total. The van der Waals surface area contributed by atoms with Crippen LogP contribution in [0.3, 0.4) is 0 Å². The van der Waals surface area contributed by atoms with Gasteiger partial charge in [-0.1, -0.05) is 69.2 Å². The first-order valence-corrected chi connectivity index (χ1v) is 20.6. The van der Waals surface area contributed by atoms with E-state index in [4.69, 9.17) is 10.5 Å². The lowest BCUT2D eigenvalue weighted by Gasteiger charge is -2.40. The van der Waals surface area contributed by atoms with Gasteiger partial charge in [-0.3, -0.25) is 14.5 Å². The molecule has 1 saturated heterocycles. The summed E-state index contributed by atoms with van der Waals surface area (Å²) in [6.07, 6.45) is 5.44. The summed E-state index contributed by atoms with van der Waals surface area (Å²) >= 11 is 0. The smallest absolute Gasteiger partial charge is 0.315 e. The van der Waals surface area contributed by atoms with Crippen molar-refractivity contribution in [2.45, 2.75) is 78.4 Å². The molecule has 0 bridgehead atoms. The van der Waals surface area contributed by atoms with Gasteiger partial charge in [0.15, 0.2) is 0 Å². The quantitative estimate of drug-likeness (QED) is 0.167. The Bertz CT molecular complexity index is 2060. The van der Waals surface area contributed by atoms with E-state index < -0.39 is 6.03 Å². The minimum atomic E-state index is -0.439. The molecular formula is C46H58N6O4. The first-order valence-electron chi connectivity index (χ1n) is 20.6. The molecular weight excluding hydrogens is 701 g/mol. The Kier molecular flexibility index (Phi) is 12.3. The summed E-state index contributed by atoms with van der Waals surface area (Å²) in [4.78, 5) is 50.0. The lowest BCUT2D eigenvalue weighted by Crippen LogP contribution is -2.52. The molecule has 4 heterocycles. The predicted octanol–water partition coefficient (Wildman–Crippen LogP) is 7.05. The highest BCUT2D eigenvalue weighted by Gasteiger charge is 2.34. The highest BCUT2D eigenvalue weighted by Crippen LogP contribution is 2.40. The van der Waals surface area contributed by atoms with Gasteiger partial charge in [-0.25, -0.2) is 4.79 Å². The van der Waals surface area contributed by atoms with Crippen molar-refractivity contribution in [2.24, 2.45) is 12.8 Å². The van der Waals surface area contributed by atoms with Crippen LogP contribution in [0.4, 0.5) is 4.79 Å². The van der Waals surface area contributed by atoms with Gasteiger partial charge in [0, 0.05) is 88.0 Å². The van der Waals surface area contributed by atoms with Crippen LogP contribution in [-0.2, 0) is 37.7 Å². The molecule has 7 rings (SSSR count). The van der Waals surface area contributed by atoms with E-state index in [0.717, 1.165) is 104 Å². The molecule has 0 unspecified atom stereocenters. The van der Waals surface area contributed by atoms with E-state index in [0.29, 0.717) is 50.4 Å². The van der Waals surface area contributed by atoms with Gasteiger partial charge in [0.05, 0.1) is 18.8 Å². The fraction of sp³-hybridized carbons (Fsp3) is 0.457. The number of carbonyl (C=O) groups excluding carboxylic acids is 3. The van der Waals surface area contributed by atoms with E-state index in [1.54, 1.807) is 4.90 Å². The third-order valence-electron chi connectivity index (χ3n) is 12.2. The second kappa shape index (κ2) is 17.5. The third kappa shape index (κ3) is 8.13. The van der Waals surface area contributed by atoms with Crippen molar-refractivity contribution < 1.29 is 19.1 Å². The molecule has 3 aliphatic heterocycles.